The van der Waals surface area contributed by atoms with Gasteiger partial charge in [0.2, 0.25) is 0 Å². The van der Waals surface area contributed by atoms with Crippen molar-refractivity contribution in [3.63, 3.8) is 0 Å². The second kappa shape index (κ2) is 5.05. The molecule has 16 heavy (non-hydrogen) atoms. The molecule has 1 rings (SSSR count). The van der Waals surface area contributed by atoms with Gasteiger partial charge in [-0.05, 0) is 51.1 Å². The molecule has 0 radical (unpaired) electrons. The van der Waals surface area contributed by atoms with E-state index in [0.717, 1.165) is 12.5 Å². The average Bonchev–Trinajstić information content (AvgIpc) is 2.39. The highest BCUT2D eigenvalue weighted by atomic mass is 15.2. The summed E-state index contributed by atoms with van der Waals surface area (Å²) in [4.78, 5) is 2.36. The van der Waals surface area contributed by atoms with E-state index in [0.29, 0.717) is 5.41 Å². The molecule has 2 nitrogen and oxygen atoms in total. The van der Waals surface area contributed by atoms with Gasteiger partial charge in [-0.1, -0.05) is 27.2 Å². The van der Waals surface area contributed by atoms with Gasteiger partial charge in [0.25, 0.3) is 0 Å². The Bertz CT molecular complexity index is 217. The Morgan fingerprint density at radius 3 is 2.25 bits per heavy atom. The van der Waals surface area contributed by atoms with Gasteiger partial charge in [0.05, 0.1) is 0 Å². The third kappa shape index (κ3) is 2.98. The van der Waals surface area contributed by atoms with Crippen LogP contribution in [0.15, 0.2) is 0 Å². The lowest BCUT2D eigenvalue weighted by molar-refractivity contribution is 0.130. The quantitative estimate of drug-likeness (QED) is 0.734. The molecular formula is C14H30N2. The Labute approximate surface area is 102 Å². The van der Waals surface area contributed by atoms with Crippen LogP contribution in [0.25, 0.3) is 0 Å². The summed E-state index contributed by atoms with van der Waals surface area (Å²) in [5.41, 5.74) is 6.74. The molecule has 0 bridgehead atoms. The fraction of sp³-hybridized carbons (Fsp3) is 1.00. The molecule has 0 aliphatic heterocycles. The van der Waals surface area contributed by atoms with Crippen LogP contribution in [0, 0.1) is 11.3 Å². The van der Waals surface area contributed by atoms with Crippen LogP contribution in [0.3, 0.4) is 0 Å². The summed E-state index contributed by atoms with van der Waals surface area (Å²) in [5, 5.41) is 0. The van der Waals surface area contributed by atoms with Crippen molar-refractivity contribution in [2.24, 2.45) is 17.1 Å². The van der Waals surface area contributed by atoms with Crippen molar-refractivity contribution >= 4 is 0 Å². The molecule has 0 spiro atoms. The van der Waals surface area contributed by atoms with Crippen molar-refractivity contribution in [3.8, 4) is 0 Å². The summed E-state index contributed by atoms with van der Waals surface area (Å²) >= 11 is 0. The smallest absolute Gasteiger partial charge is 0.0325 e. The minimum Gasteiger partial charge on any atom is -0.329 e. The molecule has 0 aromatic rings. The second-order valence-electron chi connectivity index (χ2n) is 6.82. The van der Waals surface area contributed by atoms with Gasteiger partial charge in [0.1, 0.15) is 0 Å². The summed E-state index contributed by atoms with van der Waals surface area (Å²) in [6.45, 7) is 7.94. The molecule has 2 atom stereocenters. The van der Waals surface area contributed by atoms with Crippen LogP contribution < -0.4 is 5.73 Å². The van der Waals surface area contributed by atoms with Gasteiger partial charge < -0.3 is 10.6 Å². The second-order valence-corrected chi connectivity index (χ2v) is 6.82. The first-order valence-corrected chi connectivity index (χ1v) is 6.69. The van der Waals surface area contributed by atoms with Gasteiger partial charge in [0, 0.05) is 12.1 Å². The maximum Gasteiger partial charge on any atom is 0.0325 e. The lowest BCUT2D eigenvalue weighted by atomic mass is 9.76. The predicted octanol–water partition coefficient (Wildman–Crippen LogP) is 2.87. The Hall–Kier alpha value is -0.0800. The molecule has 0 amide bonds. The molecule has 2 unspecified atom stereocenters. The molecule has 0 heterocycles. The maximum atomic E-state index is 6.02. The van der Waals surface area contributed by atoms with Gasteiger partial charge in [-0.2, -0.15) is 0 Å². The highest BCUT2D eigenvalue weighted by Gasteiger charge is 2.36. The summed E-state index contributed by atoms with van der Waals surface area (Å²) < 4.78 is 0. The van der Waals surface area contributed by atoms with Gasteiger partial charge in [-0.25, -0.2) is 0 Å². The van der Waals surface area contributed by atoms with Crippen LogP contribution >= 0.6 is 0 Å². The molecular weight excluding hydrogens is 196 g/mol. The fourth-order valence-corrected chi connectivity index (χ4v) is 3.09. The molecule has 0 aromatic carbocycles. The summed E-state index contributed by atoms with van der Waals surface area (Å²) in [5.74, 6) is 0.862. The van der Waals surface area contributed by atoms with E-state index in [1.54, 1.807) is 0 Å². The van der Waals surface area contributed by atoms with Crippen molar-refractivity contribution in [1.29, 1.82) is 0 Å². The molecule has 2 N–H and O–H groups in total. The average molecular weight is 226 g/mol. The number of hydrogen-bond donors (Lipinski definition) is 1. The van der Waals surface area contributed by atoms with Crippen molar-refractivity contribution in [3.05, 3.63) is 0 Å². The predicted molar refractivity (Wildman–Crippen MR) is 71.5 cm³/mol. The maximum absolute atomic E-state index is 6.02. The number of rotatable bonds is 2. The topological polar surface area (TPSA) is 29.3 Å². The number of likely N-dealkylation sites (N-methyl/N-ethyl adjacent to an activating group) is 1. The zero-order chi connectivity index (χ0) is 12.4. The van der Waals surface area contributed by atoms with Crippen molar-refractivity contribution in [2.75, 3.05) is 20.6 Å². The highest BCUT2D eigenvalue weighted by Crippen LogP contribution is 2.40. The summed E-state index contributed by atoms with van der Waals surface area (Å²) in [6, 6.07) is 0. The van der Waals surface area contributed by atoms with Crippen LogP contribution in [-0.4, -0.2) is 31.1 Å². The highest BCUT2D eigenvalue weighted by molar-refractivity contribution is 4.93. The molecule has 1 aliphatic rings. The van der Waals surface area contributed by atoms with E-state index >= 15 is 0 Å². The van der Waals surface area contributed by atoms with E-state index in [4.69, 9.17) is 5.73 Å². The van der Waals surface area contributed by atoms with E-state index in [-0.39, 0.29) is 5.54 Å². The van der Waals surface area contributed by atoms with Crippen LogP contribution in [0.1, 0.15) is 52.9 Å². The molecule has 0 saturated heterocycles. The first-order valence-electron chi connectivity index (χ1n) is 6.69. The molecule has 1 saturated carbocycles. The minimum atomic E-state index is 0.264. The third-order valence-corrected chi connectivity index (χ3v) is 4.71. The van der Waals surface area contributed by atoms with Crippen LogP contribution in [0.2, 0.25) is 0 Å². The first kappa shape index (κ1) is 14.0. The van der Waals surface area contributed by atoms with E-state index in [1.807, 2.05) is 0 Å². The van der Waals surface area contributed by atoms with Crippen molar-refractivity contribution in [2.45, 2.75) is 58.4 Å². The summed E-state index contributed by atoms with van der Waals surface area (Å²) in [6.07, 6.45) is 6.57. The summed E-state index contributed by atoms with van der Waals surface area (Å²) in [7, 11) is 4.37. The van der Waals surface area contributed by atoms with Gasteiger partial charge in [0.15, 0.2) is 0 Å². The molecule has 1 aliphatic carbocycles. The van der Waals surface area contributed by atoms with Gasteiger partial charge in [-0.15, -0.1) is 0 Å². The molecule has 96 valence electrons. The SMILES string of the molecule is CN(C)C1(CN)CCCC(C(C)(C)C)CC1. The van der Waals surface area contributed by atoms with Crippen LogP contribution in [0.4, 0.5) is 0 Å². The number of nitrogens with zero attached hydrogens (tertiary/aromatic N) is 1. The molecule has 0 aromatic heterocycles. The zero-order valence-electron chi connectivity index (χ0n) is 11.8. The van der Waals surface area contributed by atoms with E-state index in [2.05, 4.69) is 39.8 Å². The zero-order valence-corrected chi connectivity index (χ0v) is 11.8. The Kier molecular flexibility index (Phi) is 4.42. The van der Waals surface area contributed by atoms with Crippen molar-refractivity contribution in [1.82, 2.24) is 4.90 Å². The lowest BCUT2D eigenvalue weighted by Crippen LogP contribution is -2.50. The molecule has 1 fully saturated rings. The molecule has 2 heteroatoms. The largest absolute Gasteiger partial charge is 0.329 e. The Balaban J connectivity index is 2.71. The fourth-order valence-electron chi connectivity index (χ4n) is 3.09. The van der Waals surface area contributed by atoms with Crippen LogP contribution in [-0.2, 0) is 0 Å². The lowest BCUT2D eigenvalue weighted by Gasteiger charge is -2.39. The van der Waals surface area contributed by atoms with E-state index in [9.17, 15) is 0 Å². The van der Waals surface area contributed by atoms with Crippen molar-refractivity contribution < 1.29 is 0 Å². The first-order chi connectivity index (χ1) is 7.32. The standard InChI is InChI=1S/C14H30N2/c1-13(2,3)12-7-6-9-14(11-15,10-8-12)16(4)5/h12H,6-11,15H2,1-5H3. The monoisotopic (exact) mass is 226 g/mol. The number of nitrogens with two attached hydrogens (primary N) is 1. The third-order valence-electron chi connectivity index (χ3n) is 4.71. The Morgan fingerprint density at radius 2 is 1.81 bits per heavy atom. The van der Waals surface area contributed by atoms with Crippen LogP contribution in [0.5, 0.6) is 0 Å². The normalized spacial score (nSPS) is 32.8. The van der Waals surface area contributed by atoms with Gasteiger partial charge in [-0.3, -0.25) is 0 Å². The Morgan fingerprint density at radius 1 is 1.19 bits per heavy atom. The minimum absolute atomic E-state index is 0.264. The van der Waals surface area contributed by atoms with E-state index < -0.39 is 0 Å². The number of hydrogen-bond acceptors (Lipinski definition) is 2. The van der Waals surface area contributed by atoms with Gasteiger partial charge >= 0.3 is 0 Å². The van der Waals surface area contributed by atoms with E-state index in [1.165, 1.54) is 32.1 Å².